The molecule has 0 fully saturated rings. The maximum Gasteiger partial charge on any atom is 0.308 e. The number of rotatable bonds is 4. The first-order valence-electron chi connectivity index (χ1n) is 5.17. The average Bonchev–Trinajstić information content (AvgIpc) is 2.40. The van der Waals surface area contributed by atoms with Crippen LogP contribution in [0.3, 0.4) is 0 Å². The lowest BCUT2D eigenvalue weighted by atomic mass is 9.85. The summed E-state index contributed by atoms with van der Waals surface area (Å²) in [5, 5.41) is 9.30. The standard InChI is InChI=1S/C12H11BClO2P/c14-17-16-12-10(7-4-8-11(12)13-15)9-5-2-1-3-6-9/h1-8,13,15,17H. The van der Waals surface area contributed by atoms with Crippen molar-refractivity contribution in [2.24, 2.45) is 0 Å². The smallest absolute Gasteiger partial charge is 0.308 e. The van der Waals surface area contributed by atoms with Gasteiger partial charge in [0.25, 0.3) is 0 Å². The molecule has 0 aliphatic rings. The molecule has 1 atom stereocenters. The highest BCUT2D eigenvalue weighted by Gasteiger charge is 2.11. The topological polar surface area (TPSA) is 29.5 Å². The highest BCUT2D eigenvalue weighted by molar-refractivity contribution is 7.64. The molecule has 2 aromatic carbocycles. The summed E-state index contributed by atoms with van der Waals surface area (Å²) in [5.41, 5.74) is 2.75. The van der Waals surface area contributed by atoms with Gasteiger partial charge in [0, 0.05) is 5.56 Å². The first kappa shape index (κ1) is 12.4. The Morgan fingerprint density at radius 1 is 1.06 bits per heavy atom. The van der Waals surface area contributed by atoms with E-state index in [0.29, 0.717) is 5.75 Å². The molecule has 0 aliphatic carbocycles. The summed E-state index contributed by atoms with van der Waals surface area (Å²) in [6, 6.07) is 15.6. The molecule has 2 nitrogen and oxygen atoms in total. The van der Waals surface area contributed by atoms with Crippen molar-refractivity contribution in [3.05, 3.63) is 48.5 Å². The van der Waals surface area contributed by atoms with E-state index >= 15 is 0 Å². The first-order valence-corrected chi connectivity index (χ1v) is 7.09. The summed E-state index contributed by atoms with van der Waals surface area (Å²) in [5.74, 6) is 0.662. The largest absolute Gasteiger partial charge is 0.461 e. The predicted molar refractivity (Wildman–Crippen MR) is 75.7 cm³/mol. The quantitative estimate of drug-likeness (QED) is 0.679. The van der Waals surface area contributed by atoms with Gasteiger partial charge < -0.3 is 9.55 Å². The lowest BCUT2D eigenvalue weighted by Crippen LogP contribution is -2.15. The van der Waals surface area contributed by atoms with Crippen LogP contribution >= 0.6 is 19.4 Å². The summed E-state index contributed by atoms with van der Waals surface area (Å²) in [4.78, 5) is 0. The molecule has 0 aliphatic heterocycles. The number of hydrogen-bond donors (Lipinski definition) is 1. The summed E-state index contributed by atoms with van der Waals surface area (Å²) >= 11 is 5.65. The van der Waals surface area contributed by atoms with E-state index in [9.17, 15) is 5.02 Å². The molecule has 0 radical (unpaired) electrons. The molecule has 0 saturated carbocycles. The fourth-order valence-electron chi connectivity index (χ4n) is 1.71. The molecule has 0 amide bonds. The molecule has 0 spiro atoms. The Morgan fingerprint density at radius 3 is 2.47 bits per heavy atom. The number of para-hydroxylation sites is 1. The SMILES string of the molecule is OBc1cccc(-c2ccccc2)c1OPCl. The minimum absolute atomic E-state index is 0.0582. The summed E-state index contributed by atoms with van der Waals surface area (Å²) < 4.78 is 5.45. The van der Waals surface area contributed by atoms with Gasteiger partial charge in [-0.05, 0) is 11.0 Å². The van der Waals surface area contributed by atoms with E-state index in [1.165, 1.54) is 0 Å². The number of hydrogen-bond acceptors (Lipinski definition) is 2. The Balaban J connectivity index is 2.53. The van der Waals surface area contributed by atoms with Gasteiger partial charge in [0.1, 0.15) is 5.75 Å². The molecule has 0 aromatic heterocycles. The zero-order valence-corrected chi connectivity index (χ0v) is 10.8. The highest BCUT2D eigenvalue weighted by atomic mass is 35.7. The average molecular weight is 264 g/mol. The van der Waals surface area contributed by atoms with Crippen molar-refractivity contribution in [2.45, 2.75) is 0 Å². The van der Waals surface area contributed by atoms with Crippen LogP contribution in [0.5, 0.6) is 5.75 Å². The molecule has 0 saturated heterocycles. The van der Waals surface area contributed by atoms with Crippen molar-refractivity contribution in [3.63, 3.8) is 0 Å². The molecule has 0 bridgehead atoms. The second-order valence-electron chi connectivity index (χ2n) is 3.50. The molecule has 2 aromatic rings. The van der Waals surface area contributed by atoms with E-state index in [0.717, 1.165) is 16.6 Å². The maximum absolute atomic E-state index is 9.30. The minimum atomic E-state index is -0.163. The molecular formula is C12H11BClO2P. The maximum atomic E-state index is 9.30. The Bertz CT molecular complexity index is 493. The Hall–Kier alpha value is -1.02. The van der Waals surface area contributed by atoms with Crippen molar-refractivity contribution in [1.82, 2.24) is 0 Å². The van der Waals surface area contributed by atoms with Crippen LogP contribution in [0.15, 0.2) is 48.5 Å². The Labute approximate surface area is 108 Å². The van der Waals surface area contributed by atoms with Crippen LogP contribution in [0.2, 0.25) is 0 Å². The molecule has 1 N–H and O–H groups in total. The number of halogens is 1. The summed E-state index contributed by atoms with van der Waals surface area (Å²) in [7, 11) is -0.221. The van der Waals surface area contributed by atoms with Gasteiger partial charge in [-0.15, -0.1) is 0 Å². The third-order valence-corrected chi connectivity index (χ3v) is 3.01. The van der Waals surface area contributed by atoms with Gasteiger partial charge >= 0.3 is 7.48 Å². The summed E-state index contributed by atoms with van der Waals surface area (Å²) in [6.07, 6.45) is 0. The van der Waals surface area contributed by atoms with Crippen LogP contribution in [0.25, 0.3) is 11.1 Å². The van der Waals surface area contributed by atoms with Crippen LogP contribution < -0.4 is 9.99 Å². The van der Waals surface area contributed by atoms with Gasteiger partial charge in [-0.25, -0.2) is 0 Å². The van der Waals surface area contributed by atoms with Crippen molar-refractivity contribution in [1.29, 1.82) is 0 Å². The van der Waals surface area contributed by atoms with E-state index in [-0.39, 0.29) is 15.6 Å². The summed E-state index contributed by atoms with van der Waals surface area (Å²) in [6.45, 7) is 0. The fourth-order valence-corrected chi connectivity index (χ4v) is 2.26. The van der Waals surface area contributed by atoms with E-state index in [1.54, 1.807) is 0 Å². The van der Waals surface area contributed by atoms with E-state index < -0.39 is 0 Å². The van der Waals surface area contributed by atoms with Crippen molar-refractivity contribution < 1.29 is 9.55 Å². The fraction of sp³-hybridized carbons (Fsp3) is 0. The minimum Gasteiger partial charge on any atom is -0.461 e. The molecule has 0 heterocycles. The van der Waals surface area contributed by atoms with Gasteiger partial charge in [-0.1, -0.05) is 59.8 Å². The van der Waals surface area contributed by atoms with Crippen molar-refractivity contribution >= 4 is 32.3 Å². The van der Waals surface area contributed by atoms with E-state index in [1.807, 2.05) is 48.5 Å². The van der Waals surface area contributed by atoms with E-state index in [4.69, 9.17) is 15.8 Å². The molecule has 5 heteroatoms. The first-order chi connectivity index (χ1) is 8.36. The second-order valence-corrected chi connectivity index (χ2v) is 4.32. The second kappa shape index (κ2) is 6.06. The predicted octanol–water partition coefficient (Wildman–Crippen LogP) is 2.45. The Kier molecular flexibility index (Phi) is 4.44. The third kappa shape index (κ3) is 2.81. The molecular weight excluding hydrogens is 253 g/mol. The van der Waals surface area contributed by atoms with Crippen LogP contribution in [0.4, 0.5) is 0 Å². The molecule has 1 unspecified atom stereocenters. The van der Waals surface area contributed by atoms with Gasteiger partial charge in [-0.3, -0.25) is 0 Å². The van der Waals surface area contributed by atoms with Crippen molar-refractivity contribution in [2.75, 3.05) is 0 Å². The lowest BCUT2D eigenvalue weighted by molar-refractivity contribution is 0.608. The molecule has 86 valence electrons. The highest BCUT2D eigenvalue weighted by Crippen LogP contribution is 2.32. The number of benzene rings is 2. The lowest BCUT2D eigenvalue weighted by Gasteiger charge is -2.12. The molecule has 17 heavy (non-hydrogen) atoms. The van der Waals surface area contributed by atoms with Crippen molar-refractivity contribution in [3.8, 4) is 16.9 Å². The Morgan fingerprint density at radius 2 is 1.82 bits per heavy atom. The normalized spacial score (nSPS) is 10.7. The van der Waals surface area contributed by atoms with Crippen LogP contribution in [0.1, 0.15) is 0 Å². The zero-order valence-electron chi connectivity index (χ0n) is 9.06. The van der Waals surface area contributed by atoms with Gasteiger partial charge in [0.2, 0.25) is 0 Å². The monoisotopic (exact) mass is 264 g/mol. The van der Waals surface area contributed by atoms with Crippen LogP contribution in [-0.4, -0.2) is 12.5 Å². The van der Waals surface area contributed by atoms with Crippen LogP contribution in [0, 0.1) is 0 Å². The van der Waals surface area contributed by atoms with Gasteiger partial charge in [0.15, 0.2) is 8.16 Å². The van der Waals surface area contributed by atoms with Gasteiger partial charge in [-0.2, -0.15) is 0 Å². The third-order valence-electron chi connectivity index (χ3n) is 2.49. The molecule has 2 rings (SSSR count). The van der Waals surface area contributed by atoms with Crippen LogP contribution in [-0.2, 0) is 0 Å². The van der Waals surface area contributed by atoms with E-state index in [2.05, 4.69) is 0 Å². The van der Waals surface area contributed by atoms with Gasteiger partial charge in [0.05, 0.1) is 0 Å². The zero-order chi connectivity index (χ0) is 12.1.